The fourth-order valence-electron chi connectivity index (χ4n) is 2.64. The third-order valence-electron chi connectivity index (χ3n) is 3.97. The molecule has 2 aromatic carbocycles. The Kier molecular flexibility index (Phi) is 4.83. The molecule has 0 N–H and O–H groups in total. The normalized spacial score (nSPS) is 12.0. The lowest BCUT2D eigenvalue weighted by Crippen LogP contribution is -2.18. The summed E-state index contributed by atoms with van der Waals surface area (Å²) in [6.45, 7) is 1.76. The van der Waals surface area contributed by atoms with Crippen molar-refractivity contribution in [3.63, 3.8) is 0 Å². The van der Waals surface area contributed by atoms with Gasteiger partial charge in [-0.2, -0.15) is 0 Å². The van der Waals surface area contributed by atoms with Gasteiger partial charge in [0.25, 0.3) is 5.69 Å². The zero-order valence-corrected chi connectivity index (χ0v) is 14.0. The first kappa shape index (κ1) is 17.4. The molecule has 8 heteroatoms. The highest BCUT2D eigenvalue weighted by molar-refractivity contribution is 5.73. The third kappa shape index (κ3) is 3.64. The number of nitro groups is 1. The van der Waals surface area contributed by atoms with Gasteiger partial charge in [-0.25, -0.2) is 4.79 Å². The maximum atomic E-state index is 12.1. The van der Waals surface area contributed by atoms with Gasteiger partial charge in [0.1, 0.15) is 6.10 Å². The first-order chi connectivity index (χ1) is 12.5. The van der Waals surface area contributed by atoms with E-state index in [1.54, 1.807) is 37.3 Å². The number of non-ortho nitro benzene ring substituents is 1. The monoisotopic (exact) mass is 356 g/mol. The van der Waals surface area contributed by atoms with E-state index in [0.717, 1.165) is 0 Å². The van der Waals surface area contributed by atoms with E-state index >= 15 is 0 Å². The maximum absolute atomic E-state index is 12.1. The van der Waals surface area contributed by atoms with Gasteiger partial charge >= 0.3 is 11.7 Å². The minimum atomic E-state index is -0.639. The number of carbonyl (C=O) groups is 1. The summed E-state index contributed by atoms with van der Waals surface area (Å²) in [5, 5.41) is 10.8. The van der Waals surface area contributed by atoms with Crippen LogP contribution >= 0.6 is 0 Å². The van der Waals surface area contributed by atoms with Crippen LogP contribution in [0.25, 0.3) is 11.1 Å². The Morgan fingerprint density at radius 1 is 1.27 bits per heavy atom. The molecule has 0 saturated carbocycles. The van der Waals surface area contributed by atoms with E-state index in [1.165, 1.54) is 22.8 Å². The molecule has 0 radical (unpaired) electrons. The molecule has 8 nitrogen and oxygen atoms in total. The summed E-state index contributed by atoms with van der Waals surface area (Å²) >= 11 is 0. The Hall–Kier alpha value is -3.42. The van der Waals surface area contributed by atoms with Gasteiger partial charge in [0.05, 0.1) is 16.9 Å². The van der Waals surface area contributed by atoms with Gasteiger partial charge in [-0.15, -0.1) is 0 Å². The standard InChI is InChI=1S/C18H16N2O6/c1-12(13-5-4-6-14(11-13)20(23)24)25-17(21)9-10-19-15-7-2-3-8-16(15)26-18(19)22/h2-8,11-12H,9-10H2,1H3/t12-/m0/s1. The summed E-state index contributed by atoms with van der Waals surface area (Å²) in [6.07, 6.45) is -0.664. The van der Waals surface area contributed by atoms with Gasteiger partial charge in [-0.3, -0.25) is 19.5 Å². The fraction of sp³-hybridized carbons (Fsp3) is 0.222. The largest absolute Gasteiger partial charge is 0.458 e. The molecule has 0 unspecified atom stereocenters. The number of benzene rings is 2. The molecule has 0 amide bonds. The highest BCUT2D eigenvalue weighted by atomic mass is 16.6. The van der Waals surface area contributed by atoms with Crippen molar-refractivity contribution >= 4 is 22.8 Å². The number of hydrogen-bond acceptors (Lipinski definition) is 6. The second kappa shape index (κ2) is 7.22. The second-order valence-corrected chi connectivity index (χ2v) is 5.72. The van der Waals surface area contributed by atoms with Gasteiger partial charge in [0.15, 0.2) is 5.58 Å². The van der Waals surface area contributed by atoms with Gasteiger partial charge in [-0.1, -0.05) is 24.3 Å². The summed E-state index contributed by atoms with van der Waals surface area (Å²) in [5.74, 6) is -1.05. The molecule has 3 rings (SSSR count). The molecule has 134 valence electrons. The van der Waals surface area contributed by atoms with E-state index in [2.05, 4.69) is 0 Å². The van der Waals surface area contributed by atoms with Crippen molar-refractivity contribution in [1.29, 1.82) is 0 Å². The number of ether oxygens (including phenoxy) is 1. The number of hydrogen-bond donors (Lipinski definition) is 0. The van der Waals surface area contributed by atoms with Crippen molar-refractivity contribution in [2.75, 3.05) is 0 Å². The number of nitrogens with zero attached hydrogens (tertiary/aromatic N) is 2. The molecule has 0 bridgehead atoms. The van der Waals surface area contributed by atoms with Crippen LogP contribution in [0.3, 0.4) is 0 Å². The maximum Gasteiger partial charge on any atom is 0.419 e. The van der Waals surface area contributed by atoms with Crippen LogP contribution in [0.5, 0.6) is 0 Å². The molecule has 0 aliphatic carbocycles. The van der Waals surface area contributed by atoms with Gasteiger partial charge < -0.3 is 9.15 Å². The SMILES string of the molecule is C[C@H](OC(=O)CCn1c(=O)oc2ccccc21)c1cccc([N+](=O)[O-])c1. The van der Waals surface area contributed by atoms with Crippen molar-refractivity contribution in [1.82, 2.24) is 4.57 Å². The van der Waals surface area contributed by atoms with Gasteiger partial charge in [0, 0.05) is 18.7 Å². The Balaban J connectivity index is 1.65. The first-order valence-electron chi connectivity index (χ1n) is 7.98. The summed E-state index contributed by atoms with van der Waals surface area (Å²) < 4.78 is 11.8. The van der Waals surface area contributed by atoms with Gasteiger partial charge in [0.2, 0.25) is 0 Å². The zero-order valence-electron chi connectivity index (χ0n) is 14.0. The average molecular weight is 356 g/mol. The molecule has 1 aromatic heterocycles. The van der Waals surface area contributed by atoms with Crippen LogP contribution in [-0.2, 0) is 16.1 Å². The molecular formula is C18H16N2O6. The number of carbonyl (C=O) groups excluding carboxylic acids is 1. The number of oxazole rings is 1. The summed E-state index contributed by atoms with van der Waals surface area (Å²) in [7, 11) is 0. The van der Waals surface area contributed by atoms with Crippen molar-refractivity contribution in [3.8, 4) is 0 Å². The molecule has 0 fully saturated rings. The molecule has 1 heterocycles. The van der Waals surface area contributed by atoms with Crippen molar-refractivity contribution in [2.24, 2.45) is 0 Å². The molecule has 3 aromatic rings. The van der Waals surface area contributed by atoms with E-state index in [1.807, 2.05) is 0 Å². The predicted octanol–water partition coefficient (Wildman–Crippen LogP) is 3.20. The lowest BCUT2D eigenvalue weighted by Gasteiger charge is -2.13. The zero-order chi connectivity index (χ0) is 18.7. The Morgan fingerprint density at radius 2 is 2.04 bits per heavy atom. The first-order valence-corrected chi connectivity index (χ1v) is 7.98. The quantitative estimate of drug-likeness (QED) is 0.381. The number of aryl methyl sites for hydroxylation is 1. The lowest BCUT2D eigenvalue weighted by atomic mass is 10.1. The van der Waals surface area contributed by atoms with Crippen LogP contribution in [0, 0.1) is 10.1 Å². The van der Waals surface area contributed by atoms with E-state index in [4.69, 9.17) is 9.15 Å². The number of esters is 1. The molecule has 1 atom stereocenters. The second-order valence-electron chi connectivity index (χ2n) is 5.72. The van der Waals surface area contributed by atoms with Crippen LogP contribution in [-0.4, -0.2) is 15.5 Å². The fourth-order valence-corrected chi connectivity index (χ4v) is 2.64. The molecule has 0 aliphatic heterocycles. The topological polar surface area (TPSA) is 105 Å². The number of fused-ring (bicyclic) bond motifs is 1. The summed E-state index contributed by atoms with van der Waals surface area (Å²) in [6, 6.07) is 12.9. The Morgan fingerprint density at radius 3 is 2.81 bits per heavy atom. The van der Waals surface area contributed by atoms with Crippen LogP contribution < -0.4 is 5.76 Å². The summed E-state index contributed by atoms with van der Waals surface area (Å²) in [5.41, 5.74) is 1.52. The van der Waals surface area contributed by atoms with E-state index in [-0.39, 0.29) is 18.7 Å². The Bertz CT molecular complexity index is 1020. The van der Waals surface area contributed by atoms with E-state index in [0.29, 0.717) is 16.7 Å². The highest BCUT2D eigenvalue weighted by Gasteiger charge is 2.16. The molecule has 0 saturated heterocycles. The third-order valence-corrected chi connectivity index (χ3v) is 3.97. The predicted molar refractivity (Wildman–Crippen MR) is 92.7 cm³/mol. The number of aromatic nitrogens is 1. The Labute approximate surface area is 147 Å². The number of rotatable bonds is 6. The number of para-hydroxylation sites is 2. The van der Waals surface area contributed by atoms with Crippen LogP contribution in [0.1, 0.15) is 25.0 Å². The highest BCUT2D eigenvalue weighted by Crippen LogP contribution is 2.22. The molecular weight excluding hydrogens is 340 g/mol. The van der Waals surface area contributed by atoms with Crippen molar-refractivity contribution in [3.05, 3.63) is 74.8 Å². The van der Waals surface area contributed by atoms with Crippen molar-refractivity contribution < 1.29 is 18.9 Å². The average Bonchev–Trinajstić information content (AvgIpc) is 2.95. The lowest BCUT2D eigenvalue weighted by molar-refractivity contribution is -0.385. The minimum absolute atomic E-state index is 0.0251. The van der Waals surface area contributed by atoms with E-state index < -0.39 is 22.8 Å². The van der Waals surface area contributed by atoms with Crippen LogP contribution in [0.4, 0.5) is 5.69 Å². The molecule has 0 spiro atoms. The van der Waals surface area contributed by atoms with E-state index in [9.17, 15) is 19.7 Å². The molecule has 0 aliphatic rings. The van der Waals surface area contributed by atoms with Crippen LogP contribution in [0.2, 0.25) is 0 Å². The van der Waals surface area contributed by atoms with Crippen molar-refractivity contribution in [2.45, 2.75) is 26.0 Å². The summed E-state index contributed by atoms with van der Waals surface area (Å²) in [4.78, 5) is 34.3. The minimum Gasteiger partial charge on any atom is -0.458 e. The van der Waals surface area contributed by atoms with Gasteiger partial charge in [-0.05, 0) is 24.6 Å². The number of nitro benzene ring substituents is 1. The van der Waals surface area contributed by atoms with Crippen LogP contribution in [0.15, 0.2) is 57.7 Å². The molecule has 26 heavy (non-hydrogen) atoms. The smallest absolute Gasteiger partial charge is 0.419 e.